The van der Waals surface area contributed by atoms with Crippen LogP contribution in [0.5, 0.6) is 0 Å². The Labute approximate surface area is 186 Å². The van der Waals surface area contributed by atoms with Crippen LogP contribution in [0.4, 0.5) is 0 Å². The molecule has 0 saturated heterocycles. The standard InChI is InChI=1S/C21H19N5O3S2/c22-11-21(5-6-21)24-17(28)8-18-25-26-19(29-18)9-20-23-14-3-1-12(7-16(14)31-20)15-4-2-13(10-27)30-15/h1-3,7,15,27H,4-6,8-10H2,(H,24,28). The van der Waals surface area contributed by atoms with Gasteiger partial charge in [-0.15, -0.1) is 33.3 Å². The van der Waals surface area contributed by atoms with Crippen LogP contribution < -0.4 is 5.32 Å². The van der Waals surface area contributed by atoms with E-state index in [1.807, 2.05) is 6.07 Å². The Hall–Kier alpha value is -2.74. The first kappa shape index (κ1) is 20.2. The Bertz CT molecular complexity index is 1220. The number of allylic oxidation sites excluding steroid dienone is 1. The first-order valence-electron chi connectivity index (χ1n) is 9.95. The topological polar surface area (TPSA) is 125 Å². The zero-order chi connectivity index (χ0) is 21.4. The van der Waals surface area contributed by atoms with Gasteiger partial charge in [0.15, 0.2) is 0 Å². The highest BCUT2D eigenvalue weighted by atomic mass is 32.2. The Morgan fingerprint density at radius 1 is 1.35 bits per heavy atom. The SMILES string of the molecule is N#CC1(NC(=O)Cc2nnc(Cc3nc4ccc(C5CC=C(CO)S5)cc4s3)o2)CC1. The second-order valence-electron chi connectivity index (χ2n) is 7.69. The average Bonchev–Trinajstić information content (AvgIpc) is 3.13. The maximum atomic E-state index is 12.1. The van der Waals surface area contributed by atoms with Gasteiger partial charge in [0.2, 0.25) is 17.7 Å². The van der Waals surface area contributed by atoms with Gasteiger partial charge in [-0.1, -0.05) is 12.1 Å². The number of nitrogens with zero attached hydrogens (tertiary/aromatic N) is 4. The number of fused-ring (bicyclic) bond motifs is 1. The molecular formula is C21H19N5O3S2. The van der Waals surface area contributed by atoms with Gasteiger partial charge in [-0.05, 0) is 37.0 Å². The minimum absolute atomic E-state index is 0.0391. The number of hydrogen-bond acceptors (Lipinski definition) is 9. The highest BCUT2D eigenvalue weighted by Crippen LogP contribution is 2.44. The van der Waals surface area contributed by atoms with E-state index in [1.54, 1.807) is 23.1 Å². The third-order valence-electron chi connectivity index (χ3n) is 5.30. The van der Waals surface area contributed by atoms with Crippen molar-refractivity contribution < 1.29 is 14.3 Å². The molecule has 2 aliphatic rings. The number of carbonyl (C=O) groups excluding carboxylic acids is 1. The Kier molecular flexibility index (Phi) is 5.25. The van der Waals surface area contributed by atoms with Gasteiger partial charge in [0.25, 0.3) is 0 Å². The number of thiazole rings is 1. The van der Waals surface area contributed by atoms with Crippen molar-refractivity contribution >= 4 is 39.2 Å². The predicted octanol–water partition coefficient (Wildman–Crippen LogP) is 3.04. The van der Waals surface area contributed by atoms with Gasteiger partial charge in [0.05, 0.1) is 29.3 Å². The van der Waals surface area contributed by atoms with Crippen LogP contribution in [0.15, 0.2) is 33.6 Å². The van der Waals surface area contributed by atoms with E-state index in [9.17, 15) is 9.90 Å². The molecule has 2 aromatic heterocycles. The van der Waals surface area contributed by atoms with Crippen LogP contribution >= 0.6 is 23.1 Å². The van der Waals surface area contributed by atoms with Gasteiger partial charge < -0.3 is 14.8 Å². The second-order valence-corrected chi connectivity index (χ2v) is 10.1. The van der Waals surface area contributed by atoms with Crippen molar-refractivity contribution in [3.8, 4) is 6.07 Å². The van der Waals surface area contributed by atoms with Gasteiger partial charge >= 0.3 is 0 Å². The van der Waals surface area contributed by atoms with E-state index >= 15 is 0 Å². The summed E-state index contributed by atoms with van der Waals surface area (Å²) in [5, 5.41) is 30.3. The van der Waals surface area contributed by atoms with Crippen LogP contribution in [-0.4, -0.2) is 38.3 Å². The fraction of sp³-hybridized carbons (Fsp3) is 0.381. The molecule has 1 aliphatic carbocycles. The molecule has 2 N–H and O–H groups in total. The predicted molar refractivity (Wildman–Crippen MR) is 116 cm³/mol. The van der Waals surface area contributed by atoms with E-state index in [1.165, 1.54) is 5.56 Å². The lowest BCUT2D eigenvalue weighted by atomic mass is 10.1. The van der Waals surface area contributed by atoms with Crippen molar-refractivity contribution in [2.24, 2.45) is 0 Å². The zero-order valence-corrected chi connectivity index (χ0v) is 18.1. The minimum atomic E-state index is -0.702. The van der Waals surface area contributed by atoms with E-state index in [-0.39, 0.29) is 24.8 Å². The molecule has 0 radical (unpaired) electrons. The van der Waals surface area contributed by atoms with Crippen LogP contribution in [0, 0.1) is 11.3 Å². The molecule has 1 unspecified atom stereocenters. The Morgan fingerprint density at radius 2 is 2.19 bits per heavy atom. The summed E-state index contributed by atoms with van der Waals surface area (Å²) >= 11 is 3.29. The van der Waals surface area contributed by atoms with Gasteiger partial charge in [-0.2, -0.15) is 5.26 Å². The minimum Gasteiger partial charge on any atom is -0.424 e. The molecule has 1 atom stereocenters. The number of amides is 1. The van der Waals surface area contributed by atoms with E-state index < -0.39 is 5.54 Å². The third-order valence-corrected chi connectivity index (χ3v) is 7.67. The molecule has 31 heavy (non-hydrogen) atoms. The van der Waals surface area contributed by atoms with Crippen molar-refractivity contribution in [2.45, 2.75) is 42.9 Å². The molecule has 3 heterocycles. The summed E-state index contributed by atoms with van der Waals surface area (Å²) in [6, 6.07) is 8.40. The molecule has 1 amide bonds. The van der Waals surface area contributed by atoms with E-state index in [0.29, 0.717) is 30.4 Å². The maximum Gasteiger partial charge on any atom is 0.230 e. The molecule has 1 saturated carbocycles. The van der Waals surface area contributed by atoms with Gasteiger partial charge in [-0.25, -0.2) is 4.98 Å². The summed E-state index contributed by atoms with van der Waals surface area (Å²) in [6.07, 6.45) is 4.74. The summed E-state index contributed by atoms with van der Waals surface area (Å²) in [5.74, 6) is 0.354. The fourth-order valence-corrected chi connectivity index (χ4v) is 5.60. The highest BCUT2D eigenvalue weighted by Gasteiger charge is 2.44. The molecule has 1 aromatic carbocycles. The zero-order valence-electron chi connectivity index (χ0n) is 16.5. The van der Waals surface area contributed by atoms with Crippen molar-refractivity contribution in [1.29, 1.82) is 5.26 Å². The molecule has 10 heteroatoms. The number of thioether (sulfide) groups is 1. The van der Waals surface area contributed by atoms with Crippen molar-refractivity contribution in [3.05, 3.63) is 51.5 Å². The summed E-state index contributed by atoms with van der Waals surface area (Å²) in [4.78, 5) is 17.8. The molecule has 1 aliphatic heterocycles. The number of nitriles is 1. The Balaban J connectivity index is 1.24. The van der Waals surface area contributed by atoms with Crippen LogP contribution in [-0.2, 0) is 17.6 Å². The van der Waals surface area contributed by atoms with Gasteiger partial charge in [-0.3, -0.25) is 4.79 Å². The second kappa shape index (κ2) is 8.07. The van der Waals surface area contributed by atoms with Crippen LogP contribution in [0.2, 0.25) is 0 Å². The van der Waals surface area contributed by atoms with E-state index in [4.69, 9.17) is 9.68 Å². The number of aliphatic hydroxyl groups excluding tert-OH is 1. The first-order chi connectivity index (χ1) is 15.1. The molecule has 8 nitrogen and oxygen atoms in total. The summed E-state index contributed by atoms with van der Waals surface area (Å²) in [6.45, 7) is 0.0984. The fourth-order valence-electron chi connectivity index (χ4n) is 3.49. The number of aromatic nitrogens is 3. The van der Waals surface area contributed by atoms with Crippen molar-refractivity contribution in [1.82, 2.24) is 20.5 Å². The normalized spacial score (nSPS) is 19.2. The largest absolute Gasteiger partial charge is 0.424 e. The van der Waals surface area contributed by atoms with Gasteiger partial charge in [0.1, 0.15) is 17.0 Å². The van der Waals surface area contributed by atoms with Crippen LogP contribution in [0.1, 0.15) is 46.9 Å². The number of rotatable bonds is 7. The first-order valence-corrected chi connectivity index (χ1v) is 11.6. The van der Waals surface area contributed by atoms with E-state index in [0.717, 1.165) is 26.6 Å². The maximum absolute atomic E-state index is 12.1. The number of carbonyl (C=O) groups is 1. The monoisotopic (exact) mass is 453 g/mol. The molecular weight excluding hydrogens is 434 g/mol. The number of benzene rings is 1. The number of nitrogens with one attached hydrogen (secondary N) is 1. The lowest BCUT2D eigenvalue weighted by molar-refractivity contribution is -0.121. The lowest BCUT2D eigenvalue weighted by Crippen LogP contribution is -2.36. The summed E-state index contributed by atoms with van der Waals surface area (Å²) < 4.78 is 6.71. The van der Waals surface area contributed by atoms with Crippen molar-refractivity contribution in [3.63, 3.8) is 0 Å². The summed E-state index contributed by atoms with van der Waals surface area (Å²) in [5.41, 5.74) is 1.45. The van der Waals surface area contributed by atoms with Crippen molar-refractivity contribution in [2.75, 3.05) is 6.61 Å². The molecule has 1 fully saturated rings. The smallest absolute Gasteiger partial charge is 0.230 e. The quantitative estimate of drug-likeness (QED) is 0.559. The van der Waals surface area contributed by atoms with E-state index in [2.05, 4.69) is 44.8 Å². The molecule has 3 aromatic rings. The molecule has 0 bridgehead atoms. The number of hydrogen-bond donors (Lipinski definition) is 2. The van der Waals surface area contributed by atoms with Gasteiger partial charge in [0, 0.05) is 10.2 Å². The molecule has 158 valence electrons. The Morgan fingerprint density at radius 3 is 2.94 bits per heavy atom. The van der Waals surface area contributed by atoms with Crippen LogP contribution in [0.25, 0.3) is 10.2 Å². The van der Waals surface area contributed by atoms with Crippen LogP contribution in [0.3, 0.4) is 0 Å². The highest BCUT2D eigenvalue weighted by molar-refractivity contribution is 8.03. The third kappa shape index (κ3) is 4.35. The molecule has 0 spiro atoms. The summed E-state index contributed by atoms with van der Waals surface area (Å²) in [7, 11) is 0. The lowest BCUT2D eigenvalue weighted by Gasteiger charge is -2.09. The number of aliphatic hydroxyl groups is 1. The molecule has 5 rings (SSSR count). The average molecular weight is 454 g/mol.